The summed E-state index contributed by atoms with van der Waals surface area (Å²) >= 11 is 0. The van der Waals surface area contributed by atoms with E-state index in [-0.39, 0.29) is 30.5 Å². The second kappa shape index (κ2) is 7.75. The van der Waals surface area contributed by atoms with Gasteiger partial charge in [0, 0.05) is 6.08 Å². The van der Waals surface area contributed by atoms with Crippen LogP contribution < -0.4 is 0 Å². The minimum atomic E-state index is -0.412. The number of rotatable bonds is 3. The molecule has 0 N–H and O–H groups in total. The number of hydrogen-bond donors (Lipinski definition) is 0. The Morgan fingerprint density at radius 1 is 1.56 bits per heavy atom. The van der Waals surface area contributed by atoms with E-state index in [0.29, 0.717) is 0 Å². The summed E-state index contributed by atoms with van der Waals surface area (Å²) in [6.07, 6.45) is 2.62. The Bertz CT molecular complexity index is 110. The summed E-state index contributed by atoms with van der Waals surface area (Å²) in [6.45, 7) is 6.81. The van der Waals surface area contributed by atoms with E-state index >= 15 is 0 Å². The van der Waals surface area contributed by atoms with Crippen molar-refractivity contribution in [3.63, 3.8) is 0 Å². The van der Waals surface area contributed by atoms with Crippen molar-refractivity contribution in [3.05, 3.63) is 25.3 Å². The van der Waals surface area contributed by atoms with Crippen LogP contribution in [0.15, 0.2) is 25.3 Å². The summed E-state index contributed by atoms with van der Waals surface area (Å²) in [5.74, 6) is -0.412. The molecule has 0 bridgehead atoms. The summed E-state index contributed by atoms with van der Waals surface area (Å²) in [4.78, 5) is 10.2. The zero-order valence-electron chi connectivity index (χ0n) is 4.59. The van der Waals surface area contributed by atoms with Gasteiger partial charge >= 0.3 is 29.9 Å². The molecule has 0 aromatic heterocycles. The molecule has 0 atom stereocenters. The molecule has 0 saturated carbocycles. The monoisotopic (exact) mass is 236 g/mol. The maximum atomic E-state index is 10.2. The molecule has 0 unspecified atom stereocenters. The third-order valence-corrected chi connectivity index (χ3v) is 0.510. The summed E-state index contributed by atoms with van der Waals surface area (Å²) in [7, 11) is 0. The number of ether oxygens (including phenoxy) is 1. The second-order valence-corrected chi connectivity index (χ2v) is 1.12. The van der Waals surface area contributed by atoms with E-state index < -0.39 is 5.97 Å². The first-order chi connectivity index (χ1) is 3.81. The molecule has 0 aromatic carbocycles. The van der Waals surface area contributed by atoms with Gasteiger partial charge in [-0.1, -0.05) is 19.2 Å². The molecule has 0 spiro atoms. The van der Waals surface area contributed by atoms with Gasteiger partial charge in [0.2, 0.25) is 0 Å². The van der Waals surface area contributed by atoms with Crippen LogP contribution in [0.1, 0.15) is 0 Å². The fourth-order valence-corrected chi connectivity index (χ4v) is 0.200. The molecular formula is C6H12O2Sn. The summed E-state index contributed by atoms with van der Waals surface area (Å²) in [5.41, 5.74) is 0. The predicted molar refractivity (Wildman–Crippen MR) is 42.7 cm³/mol. The fraction of sp³-hybridized carbons (Fsp3) is 0.167. The van der Waals surface area contributed by atoms with E-state index in [1.165, 1.54) is 6.08 Å². The van der Waals surface area contributed by atoms with Gasteiger partial charge in [-0.15, -0.1) is 0 Å². The Hall–Kier alpha value is -0.251. The van der Waals surface area contributed by atoms with Crippen LogP contribution in [0.4, 0.5) is 0 Å². The molecule has 0 heterocycles. The summed E-state index contributed by atoms with van der Waals surface area (Å²) < 4.78 is 4.47. The van der Waals surface area contributed by atoms with Gasteiger partial charge in [0.1, 0.15) is 6.61 Å². The van der Waals surface area contributed by atoms with Crippen molar-refractivity contribution in [3.8, 4) is 0 Å². The summed E-state index contributed by atoms with van der Waals surface area (Å²) in [6, 6.07) is 0. The van der Waals surface area contributed by atoms with Crippen LogP contribution in [0.5, 0.6) is 0 Å². The van der Waals surface area contributed by atoms with Crippen LogP contribution in [0.2, 0.25) is 0 Å². The fourth-order valence-electron chi connectivity index (χ4n) is 0.200. The van der Waals surface area contributed by atoms with Gasteiger partial charge in [0.05, 0.1) is 0 Å². The molecule has 9 heavy (non-hydrogen) atoms. The van der Waals surface area contributed by atoms with E-state index in [4.69, 9.17) is 0 Å². The Balaban J connectivity index is 0. The standard InChI is InChI=1S/C6H8O2.Sn.4H/c1-3-5-8-6(7)4-2;;;;;/h3-4H,1-2,5H2;;;;;. The molecule has 0 aromatic rings. The van der Waals surface area contributed by atoms with Crippen molar-refractivity contribution < 1.29 is 9.53 Å². The van der Waals surface area contributed by atoms with Gasteiger partial charge < -0.3 is 4.74 Å². The molecule has 2 nitrogen and oxygen atoms in total. The maximum absolute atomic E-state index is 10.2. The van der Waals surface area contributed by atoms with Crippen molar-refractivity contribution >= 4 is 29.9 Å². The van der Waals surface area contributed by atoms with Crippen LogP contribution in [-0.2, 0) is 9.53 Å². The molecular weight excluding hydrogens is 223 g/mol. The topological polar surface area (TPSA) is 26.3 Å². The average Bonchev–Trinajstić information content (AvgIpc) is 1.83. The first-order valence-electron chi connectivity index (χ1n) is 2.21. The van der Waals surface area contributed by atoms with Crippen molar-refractivity contribution in [2.45, 2.75) is 0 Å². The van der Waals surface area contributed by atoms with Crippen LogP contribution in [0.25, 0.3) is 0 Å². The summed E-state index contributed by atoms with van der Waals surface area (Å²) in [5, 5.41) is 0. The molecule has 0 rings (SSSR count). The Kier molecular flexibility index (Phi) is 9.93. The Morgan fingerprint density at radius 2 is 2.11 bits per heavy atom. The quantitative estimate of drug-likeness (QED) is 0.284. The number of hydrogen-bond acceptors (Lipinski definition) is 2. The van der Waals surface area contributed by atoms with E-state index in [1.807, 2.05) is 0 Å². The number of carbonyl (C=O) groups is 1. The number of carbonyl (C=O) groups excluding carboxylic acids is 1. The molecule has 0 amide bonds. The first kappa shape index (κ1) is 11.5. The zero-order valence-corrected chi connectivity index (χ0v) is 4.59. The van der Waals surface area contributed by atoms with Crippen LogP contribution >= 0.6 is 0 Å². The molecule has 0 aliphatic rings. The van der Waals surface area contributed by atoms with Crippen LogP contribution in [0, 0.1) is 0 Å². The third kappa shape index (κ3) is 7.75. The van der Waals surface area contributed by atoms with Gasteiger partial charge in [-0.2, -0.15) is 0 Å². The molecule has 0 aliphatic heterocycles. The van der Waals surface area contributed by atoms with Crippen molar-refractivity contribution in [1.82, 2.24) is 0 Å². The minimum absolute atomic E-state index is 0. The molecule has 0 radical (unpaired) electrons. The third-order valence-electron chi connectivity index (χ3n) is 0.510. The Morgan fingerprint density at radius 3 is 2.44 bits per heavy atom. The first-order valence-corrected chi connectivity index (χ1v) is 2.21. The van der Waals surface area contributed by atoms with E-state index in [2.05, 4.69) is 17.9 Å². The van der Waals surface area contributed by atoms with Gasteiger partial charge in [0.15, 0.2) is 0 Å². The van der Waals surface area contributed by atoms with E-state index in [0.717, 1.165) is 6.08 Å². The van der Waals surface area contributed by atoms with Gasteiger partial charge in [-0.05, 0) is 0 Å². The molecule has 3 heteroatoms. The van der Waals surface area contributed by atoms with E-state index in [9.17, 15) is 4.79 Å². The zero-order chi connectivity index (χ0) is 6.41. The molecule has 52 valence electrons. The van der Waals surface area contributed by atoms with Gasteiger partial charge in [-0.25, -0.2) is 4.79 Å². The predicted octanol–water partition coefficient (Wildman–Crippen LogP) is -0.550. The second-order valence-electron chi connectivity index (χ2n) is 1.12. The average molecular weight is 235 g/mol. The number of esters is 1. The molecule has 0 fully saturated rings. The molecule has 0 aliphatic carbocycles. The van der Waals surface area contributed by atoms with Crippen LogP contribution in [0.3, 0.4) is 0 Å². The van der Waals surface area contributed by atoms with E-state index in [1.54, 1.807) is 0 Å². The molecule has 0 saturated heterocycles. The van der Waals surface area contributed by atoms with Gasteiger partial charge in [-0.3, -0.25) is 0 Å². The SMILES string of the molecule is C=CCOC(=O)C=C.[SnH4]. The van der Waals surface area contributed by atoms with Crippen LogP contribution in [-0.4, -0.2) is 36.5 Å². The van der Waals surface area contributed by atoms with Crippen molar-refractivity contribution in [2.75, 3.05) is 6.61 Å². The van der Waals surface area contributed by atoms with Crippen molar-refractivity contribution in [1.29, 1.82) is 0 Å². The van der Waals surface area contributed by atoms with Gasteiger partial charge in [0.25, 0.3) is 0 Å². The Labute approximate surface area is 71.5 Å². The van der Waals surface area contributed by atoms with Crippen molar-refractivity contribution in [2.24, 2.45) is 0 Å². The normalized spacial score (nSPS) is 6.67.